The quantitative estimate of drug-likeness (QED) is 0.572. The molecule has 1 aliphatic rings. The lowest BCUT2D eigenvalue weighted by Gasteiger charge is -2.07. The lowest BCUT2D eigenvalue weighted by Crippen LogP contribution is -1.96. The second-order valence-corrected chi connectivity index (χ2v) is 5.26. The minimum absolute atomic E-state index is 0.599. The highest BCUT2D eigenvalue weighted by molar-refractivity contribution is 7.99. The summed E-state index contributed by atoms with van der Waals surface area (Å²) in [4.78, 5) is 5.22. The molecule has 0 bridgehead atoms. The second kappa shape index (κ2) is 5.04. The maximum absolute atomic E-state index is 5.82. The van der Waals surface area contributed by atoms with E-state index in [-0.39, 0.29) is 0 Å². The van der Waals surface area contributed by atoms with E-state index in [4.69, 9.17) is 11.6 Å². The highest BCUT2D eigenvalue weighted by atomic mass is 35.5. The van der Waals surface area contributed by atoms with E-state index in [0.29, 0.717) is 5.15 Å². The Kier molecular flexibility index (Phi) is 3.71. The van der Waals surface area contributed by atoms with Crippen LogP contribution in [0, 0.1) is 5.92 Å². The molecule has 1 fully saturated rings. The maximum atomic E-state index is 5.82. The molecule has 1 aromatic rings. The molecule has 0 amide bonds. The molecule has 76 valence electrons. The second-order valence-electron chi connectivity index (χ2n) is 3.78. The van der Waals surface area contributed by atoms with E-state index in [1.807, 2.05) is 23.9 Å². The normalized spacial score (nSPS) is 17.5. The van der Waals surface area contributed by atoms with Crippen LogP contribution in [0.4, 0.5) is 0 Å². The van der Waals surface area contributed by atoms with Crippen molar-refractivity contribution in [3.63, 3.8) is 0 Å². The average Bonchev–Trinajstić information content (AvgIpc) is 2.67. The first-order valence-corrected chi connectivity index (χ1v) is 6.45. The molecule has 1 nitrogen and oxygen atoms in total. The largest absolute Gasteiger partial charge is 0.244 e. The zero-order valence-electron chi connectivity index (χ0n) is 8.08. The van der Waals surface area contributed by atoms with Gasteiger partial charge in [0.05, 0.1) is 0 Å². The Morgan fingerprint density at radius 2 is 2.21 bits per heavy atom. The van der Waals surface area contributed by atoms with Gasteiger partial charge in [0.1, 0.15) is 5.15 Å². The van der Waals surface area contributed by atoms with Gasteiger partial charge in [-0.2, -0.15) is 0 Å². The first kappa shape index (κ1) is 10.3. The number of thioether (sulfide) groups is 1. The first-order valence-electron chi connectivity index (χ1n) is 5.09. The van der Waals surface area contributed by atoms with Gasteiger partial charge in [0.2, 0.25) is 0 Å². The molecule has 0 spiro atoms. The van der Waals surface area contributed by atoms with Crippen molar-refractivity contribution in [3.05, 3.63) is 23.5 Å². The maximum Gasteiger partial charge on any atom is 0.130 e. The standard InChI is InChI=1S/C11H14ClNS/c12-11-7-10(5-6-13-11)14-8-9-3-1-2-4-9/h5-7,9H,1-4,8H2. The topological polar surface area (TPSA) is 12.9 Å². The third-order valence-electron chi connectivity index (χ3n) is 2.66. The predicted octanol–water partition coefficient (Wildman–Crippen LogP) is 4.02. The van der Waals surface area contributed by atoms with Gasteiger partial charge in [0.15, 0.2) is 0 Å². The summed E-state index contributed by atoms with van der Waals surface area (Å²) in [5, 5.41) is 0.599. The van der Waals surface area contributed by atoms with Gasteiger partial charge in [0, 0.05) is 16.8 Å². The van der Waals surface area contributed by atoms with Gasteiger partial charge in [-0.25, -0.2) is 4.98 Å². The number of nitrogens with zero attached hydrogens (tertiary/aromatic N) is 1. The van der Waals surface area contributed by atoms with Gasteiger partial charge >= 0.3 is 0 Å². The summed E-state index contributed by atoms with van der Waals surface area (Å²) in [5.74, 6) is 2.16. The van der Waals surface area contributed by atoms with Crippen molar-refractivity contribution in [1.82, 2.24) is 4.98 Å². The molecule has 14 heavy (non-hydrogen) atoms. The Bertz CT molecular complexity index is 297. The Balaban J connectivity index is 1.85. The zero-order chi connectivity index (χ0) is 9.80. The molecular weight excluding hydrogens is 214 g/mol. The monoisotopic (exact) mass is 227 g/mol. The minimum Gasteiger partial charge on any atom is -0.244 e. The third kappa shape index (κ3) is 2.89. The summed E-state index contributed by atoms with van der Waals surface area (Å²) in [5.41, 5.74) is 0. The fourth-order valence-electron chi connectivity index (χ4n) is 1.87. The number of pyridine rings is 1. The van der Waals surface area contributed by atoms with Crippen molar-refractivity contribution in [2.45, 2.75) is 30.6 Å². The fraction of sp³-hybridized carbons (Fsp3) is 0.545. The average molecular weight is 228 g/mol. The number of rotatable bonds is 3. The molecule has 1 heterocycles. The SMILES string of the molecule is Clc1cc(SCC2CCCC2)ccn1. The third-order valence-corrected chi connectivity index (χ3v) is 4.09. The first-order chi connectivity index (χ1) is 6.84. The van der Waals surface area contributed by atoms with E-state index in [2.05, 4.69) is 4.98 Å². The molecule has 0 saturated heterocycles. The number of aromatic nitrogens is 1. The van der Waals surface area contributed by atoms with Crippen LogP contribution in [-0.2, 0) is 0 Å². The van der Waals surface area contributed by atoms with E-state index in [1.165, 1.54) is 36.3 Å². The van der Waals surface area contributed by atoms with E-state index < -0.39 is 0 Å². The highest BCUT2D eigenvalue weighted by Crippen LogP contribution is 2.31. The van der Waals surface area contributed by atoms with E-state index >= 15 is 0 Å². The molecule has 0 atom stereocenters. The molecule has 0 unspecified atom stereocenters. The van der Waals surface area contributed by atoms with Crippen LogP contribution in [-0.4, -0.2) is 10.7 Å². The molecule has 0 aliphatic heterocycles. The van der Waals surface area contributed by atoms with Crippen LogP contribution in [0.2, 0.25) is 5.15 Å². The van der Waals surface area contributed by atoms with E-state index in [9.17, 15) is 0 Å². The minimum atomic E-state index is 0.599. The van der Waals surface area contributed by atoms with Gasteiger partial charge in [-0.3, -0.25) is 0 Å². The fourth-order valence-corrected chi connectivity index (χ4v) is 3.22. The Morgan fingerprint density at radius 1 is 1.43 bits per heavy atom. The smallest absolute Gasteiger partial charge is 0.130 e. The van der Waals surface area contributed by atoms with Crippen LogP contribution in [0.1, 0.15) is 25.7 Å². The Labute approximate surface area is 94.3 Å². The van der Waals surface area contributed by atoms with Crippen molar-refractivity contribution < 1.29 is 0 Å². The number of hydrogen-bond acceptors (Lipinski definition) is 2. The van der Waals surface area contributed by atoms with Crippen LogP contribution in [0.5, 0.6) is 0 Å². The van der Waals surface area contributed by atoms with Gasteiger partial charge in [0.25, 0.3) is 0 Å². The summed E-state index contributed by atoms with van der Waals surface area (Å²) >= 11 is 7.72. The van der Waals surface area contributed by atoms with Crippen LogP contribution in [0.15, 0.2) is 23.2 Å². The predicted molar refractivity (Wildman–Crippen MR) is 61.9 cm³/mol. The number of hydrogen-bond donors (Lipinski definition) is 0. The molecule has 0 N–H and O–H groups in total. The van der Waals surface area contributed by atoms with Gasteiger partial charge in [-0.05, 0) is 30.9 Å². The van der Waals surface area contributed by atoms with Crippen molar-refractivity contribution in [1.29, 1.82) is 0 Å². The lowest BCUT2D eigenvalue weighted by molar-refractivity contribution is 0.623. The summed E-state index contributed by atoms with van der Waals surface area (Å²) in [7, 11) is 0. The molecule has 0 radical (unpaired) electrons. The molecule has 2 rings (SSSR count). The van der Waals surface area contributed by atoms with Crippen molar-refractivity contribution >= 4 is 23.4 Å². The summed E-state index contributed by atoms with van der Waals surface area (Å²) in [6.07, 6.45) is 7.43. The van der Waals surface area contributed by atoms with Crippen molar-refractivity contribution in [3.8, 4) is 0 Å². The summed E-state index contributed by atoms with van der Waals surface area (Å²) in [6, 6.07) is 3.98. The van der Waals surface area contributed by atoms with Gasteiger partial charge in [-0.1, -0.05) is 24.4 Å². The molecule has 1 aliphatic carbocycles. The van der Waals surface area contributed by atoms with E-state index in [0.717, 1.165) is 5.92 Å². The summed E-state index contributed by atoms with van der Waals surface area (Å²) < 4.78 is 0. The van der Waals surface area contributed by atoms with Gasteiger partial charge < -0.3 is 0 Å². The molecular formula is C11H14ClNS. The van der Waals surface area contributed by atoms with Crippen LogP contribution < -0.4 is 0 Å². The van der Waals surface area contributed by atoms with Gasteiger partial charge in [-0.15, -0.1) is 11.8 Å². The van der Waals surface area contributed by atoms with Crippen LogP contribution >= 0.6 is 23.4 Å². The van der Waals surface area contributed by atoms with Crippen LogP contribution in [0.25, 0.3) is 0 Å². The number of halogens is 1. The molecule has 0 aromatic carbocycles. The Morgan fingerprint density at radius 3 is 2.93 bits per heavy atom. The molecule has 1 saturated carbocycles. The molecule has 3 heteroatoms. The van der Waals surface area contributed by atoms with E-state index in [1.54, 1.807) is 6.20 Å². The summed E-state index contributed by atoms with van der Waals surface area (Å²) in [6.45, 7) is 0. The Hall–Kier alpha value is -0.210. The van der Waals surface area contributed by atoms with Crippen molar-refractivity contribution in [2.24, 2.45) is 5.92 Å². The highest BCUT2D eigenvalue weighted by Gasteiger charge is 2.14. The lowest BCUT2D eigenvalue weighted by atomic mass is 10.1. The van der Waals surface area contributed by atoms with Crippen LogP contribution in [0.3, 0.4) is 0 Å². The molecule has 1 aromatic heterocycles. The van der Waals surface area contributed by atoms with Crippen molar-refractivity contribution in [2.75, 3.05) is 5.75 Å². The zero-order valence-corrected chi connectivity index (χ0v) is 9.65.